The van der Waals surface area contributed by atoms with Gasteiger partial charge in [0.1, 0.15) is 0 Å². The van der Waals surface area contributed by atoms with Crippen LogP contribution in [-0.4, -0.2) is 20.8 Å². The zero-order chi connectivity index (χ0) is 20.8. The van der Waals surface area contributed by atoms with Gasteiger partial charge in [-0.15, -0.1) is 5.10 Å². The Morgan fingerprint density at radius 3 is 2.19 bits per heavy atom. The number of hydrogen-bond donors (Lipinski definition) is 0. The van der Waals surface area contributed by atoms with Crippen LogP contribution in [0.25, 0.3) is 11.8 Å². The van der Waals surface area contributed by atoms with Gasteiger partial charge in [0, 0.05) is 11.0 Å². The molecule has 3 aromatic rings. The molecule has 4 aliphatic carbocycles. The predicted molar refractivity (Wildman–Crippen MR) is 121 cm³/mol. The van der Waals surface area contributed by atoms with E-state index in [1.165, 1.54) is 44.2 Å². The molecule has 0 aliphatic heterocycles. The van der Waals surface area contributed by atoms with E-state index in [9.17, 15) is 4.79 Å². The van der Waals surface area contributed by atoms with E-state index in [4.69, 9.17) is 0 Å². The minimum atomic E-state index is 0.0186. The minimum absolute atomic E-state index is 0.0186. The first-order valence-electron chi connectivity index (χ1n) is 11.5. The molecular formula is C27H27N3O. The van der Waals surface area contributed by atoms with E-state index in [-0.39, 0.29) is 11.2 Å². The predicted octanol–water partition coefficient (Wildman–Crippen LogP) is 5.63. The largest absolute Gasteiger partial charge is 0.289 e. The molecule has 0 unspecified atom stereocenters. The average molecular weight is 410 g/mol. The van der Waals surface area contributed by atoms with Crippen molar-refractivity contribution < 1.29 is 4.79 Å². The third kappa shape index (κ3) is 3.34. The van der Waals surface area contributed by atoms with E-state index < -0.39 is 0 Å². The monoisotopic (exact) mass is 409 g/mol. The number of benzene rings is 2. The van der Waals surface area contributed by atoms with Crippen molar-refractivity contribution >= 4 is 11.9 Å². The van der Waals surface area contributed by atoms with Crippen LogP contribution in [0.1, 0.15) is 60.1 Å². The van der Waals surface area contributed by atoms with Crippen molar-refractivity contribution in [2.75, 3.05) is 0 Å². The first kappa shape index (κ1) is 18.7. The molecule has 4 saturated carbocycles. The molecule has 2 aromatic carbocycles. The number of allylic oxidation sites excluding steroid dienone is 1. The molecule has 0 spiro atoms. The number of carbonyl (C=O) groups excluding carboxylic acids is 1. The van der Waals surface area contributed by atoms with Gasteiger partial charge < -0.3 is 0 Å². The van der Waals surface area contributed by atoms with Crippen molar-refractivity contribution in [1.29, 1.82) is 0 Å². The Kier molecular flexibility index (Phi) is 4.41. The fourth-order valence-electron chi connectivity index (χ4n) is 6.81. The van der Waals surface area contributed by atoms with Crippen LogP contribution in [0.2, 0.25) is 0 Å². The van der Waals surface area contributed by atoms with Gasteiger partial charge >= 0.3 is 0 Å². The van der Waals surface area contributed by atoms with Crippen LogP contribution in [0, 0.1) is 17.8 Å². The summed E-state index contributed by atoms with van der Waals surface area (Å²) in [6, 6.07) is 17.6. The van der Waals surface area contributed by atoms with Crippen molar-refractivity contribution in [3.63, 3.8) is 0 Å². The van der Waals surface area contributed by atoms with Crippen molar-refractivity contribution in [2.45, 2.75) is 43.9 Å². The summed E-state index contributed by atoms with van der Waals surface area (Å²) >= 11 is 0. The summed E-state index contributed by atoms with van der Waals surface area (Å²) in [6.45, 7) is 0. The number of rotatable bonds is 5. The van der Waals surface area contributed by atoms with E-state index in [0.717, 1.165) is 29.0 Å². The lowest BCUT2D eigenvalue weighted by Crippen LogP contribution is -2.49. The highest BCUT2D eigenvalue weighted by molar-refractivity contribution is 6.06. The van der Waals surface area contributed by atoms with Crippen molar-refractivity contribution in [1.82, 2.24) is 15.0 Å². The maximum absolute atomic E-state index is 12.3. The van der Waals surface area contributed by atoms with E-state index >= 15 is 0 Å². The third-order valence-electron chi connectivity index (χ3n) is 7.75. The highest BCUT2D eigenvalue weighted by Gasteiger charge is 2.53. The van der Waals surface area contributed by atoms with Crippen LogP contribution in [-0.2, 0) is 5.41 Å². The zero-order valence-corrected chi connectivity index (χ0v) is 17.7. The van der Waals surface area contributed by atoms with Gasteiger partial charge in [-0.05, 0) is 80.1 Å². The molecule has 4 aliphatic rings. The van der Waals surface area contributed by atoms with E-state index in [1.54, 1.807) is 6.08 Å². The highest BCUT2D eigenvalue weighted by Crippen LogP contribution is 2.60. The second-order valence-electron chi connectivity index (χ2n) is 9.88. The second-order valence-corrected chi connectivity index (χ2v) is 9.88. The molecule has 4 bridgehead atoms. The van der Waals surface area contributed by atoms with Crippen LogP contribution in [0.15, 0.2) is 66.9 Å². The fourth-order valence-corrected chi connectivity index (χ4v) is 6.81. The van der Waals surface area contributed by atoms with Gasteiger partial charge in [0.15, 0.2) is 5.78 Å². The van der Waals surface area contributed by atoms with Gasteiger partial charge in [-0.3, -0.25) is 4.79 Å². The molecule has 1 aromatic heterocycles. The van der Waals surface area contributed by atoms with Crippen molar-refractivity contribution in [2.24, 2.45) is 17.8 Å². The van der Waals surface area contributed by atoms with Crippen LogP contribution >= 0.6 is 0 Å². The first-order valence-corrected chi connectivity index (χ1v) is 11.5. The van der Waals surface area contributed by atoms with Gasteiger partial charge in [-0.2, -0.15) is 0 Å². The molecule has 0 saturated heterocycles. The summed E-state index contributed by atoms with van der Waals surface area (Å²) in [5.41, 5.74) is 4.32. The summed E-state index contributed by atoms with van der Waals surface area (Å²) in [6.07, 6.45) is 13.7. The van der Waals surface area contributed by atoms with Crippen LogP contribution in [0.5, 0.6) is 0 Å². The lowest BCUT2D eigenvalue weighted by atomic mass is 9.49. The Labute approximate surface area is 183 Å². The first-order chi connectivity index (χ1) is 15.2. The Morgan fingerprint density at radius 1 is 0.903 bits per heavy atom. The maximum Gasteiger partial charge on any atom is 0.185 e. The maximum atomic E-state index is 12.3. The quantitative estimate of drug-likeness (QED) is 0.405. The molecule has 1 heterocycles. The third-order valence-corrected chi connectivity index (χ3v) is 7.75. The number of hydrogen-bond acceptors (Lipinski definition) is 3. The van der Waals surface area contributed by atoms with Gasteiger partial charge in [-0.1, -0.05) is 53.8 Å². The lowest BCUT2D eigenvalue weighted by Gasteiger charge is -2.56. The summed E-state index contributed by atoms with van der Waals surface area (Å²) in [5.74, 6) is 2.70. The topological polar surface area (TPSA) is 47.8 Å². The number of ketones is 1. The Bertz CT molecular complexity index is 1090. The van der Waals surface area contributed by atoms with Gasteiger partial charge in [0.25, 0.3) is 0 Å². The summed E-state index contributed by atoms with van der Waals surface area (Å²) in [5, 5.41) is 8.81. The van der Waals surface area contributed by atoms with E-state index in [0.29, 0.717) is 5.56 Å². The van der Waals surface area contributed by atoms with E-state index in [2.05, 4.69) is 39.3 Å². The summed E-state index contributed by atoms with van der Waals surface area (Å²) in [4.78, 5) is 12.3. The van der Waals surface area contributed by atoms with Gasteiger partial charge in [0.05, 0.1) is 17.6 Å². The molecule has 0 N–H and O–H groups in total. The molecule has 31 heavy (non-hydrogen) atoms. The molecule has 4 heteroatoms. The zero-order valence-electron chi connectivity index (χ0n) is 17.7. The van der Waals surface area contributed by atoms with Crippen molar-refractivity contribution in [3.05, 3.63) is 83.7 Å². The van der Waals surface area contributed by atoms with Crippen LogP contribution in [0.3, 0.4) is 0 Å². The SMILES string of the molecule is O=C(C=Cc1ccc(-n2nncc2C23CC4CC(CC(C4)C2)C3)cc1)c1ccccc1. The van der Waals surface area contributed by atoms with Crippen molar-refractivity contribution in [3.8, 4) is 5.69 Å². The lowest BCUT2D eigenvalue weighted by molar-refractivity contribution is -0.00828. The number of nitrogens with zero attached hydrogens (tertiary/aromatic N) is 3. The summed E-state index contributed by atoms with van der Waals surface area (Å²) in [7, 11) is 0. The number of carbonyl (C=O) groups is 1. The molecule has 0 amide bonds. The molecule has 4 fully saturated rings. The molecule has 156 valence electrons. The highest BCUT2D eigenvalue weighted by atomic mass is 16.1. The van der Waals surface area contributed by atoms with Crippen LogP contribution < -0.4 is 0 Å². The molecule has 0 radical (unpaired) electrons. The molecule has 0 atom stereocenters. The van der Waals surface area contributed by atoms with E-state index in [1.807, 2.05) is 42.6 Å². The summed E-state index contributed by atoms with van der Waals surface area (Å²) < 4.78 is 2.07. The standard InChI is InChI=1S/C27H27N3O/c31-25(23-4-2-1-3-5-23)11-8-19-6-9-24(10-7-19)30-26(18-28-29-30)27-15-20-12-21(16-27)14-22(13-20)17-27/h1-11,18,20-22H,12-17H2. The Balaban J connectivity index is 1.24. The van der Waals surface area contributed by atoms with Gasteiger partial charge in [-0.25, -0.2) is 4.68 Å². The Hall–Kier alpha value is -3.01. The second kappa shape index (κ2) is 7.30. The molecule has 4 nitrogen and oxygen atoms in total. The Morgan fingerprint density at radius 2 is 1.55 bits per heavy atom. The molecular weight excluding hydrogens is 382 g/mol. The normalized spacial score (nSPS) is 29.0. The molecule has 7 rings (SSSR count). The van der Waals surface area contributed by atoms with Gasteiger partial charge in [0.2, 0.25) is 0 Å². The average Bonchev–Trinajstić information content (AvgIpc) is 3.29. The smallest absolute Gasteiger partial charge is 0.185 e. The van der Waals surface area contributed by atoms with Crippen LogP contribution in [0.4, 0.5) is 0 Å². The number of aromatic nitrogens is 3. The minimum Gasteiger partial charge on any atom is -0.289 e. The fraction of sp³-hybridized carbons (Fsp3) is 0.370.